The molecule has 8 heteroatoms. The van der Waals surface area contributed by atoms with Gasteiger partial charge in [0.25, 0.3) is 11.8 Å². The molecule has 2 aliphatic rings. The van der Waals surface area contributed by atoms with Crippen LogP contribution in [0.3, 0.4) is 0 Å². The summed E-state index contributed by atoms with van der Waals surface area (Å²) in [5.41, 5.74) is 2.70. The van der Waals surface area contributed by atoms with E-state index in [0.717, 1.165) is 0 Å². The summed E-state index contributed by atoms with van der Waals surface area (Å²) in [4.78, 5) is 50.6. The number of benzene rings is 2. The van der Waals surface area contributed by atoms with Crippen LogP contribution in [0.25, 0.3) is 6.08 Å². The lowest BCUT2D eigenvalue weighted by molar-refractivity contribution is -0.136. The normalized spacial score (nSPS) is 18.1. The third-order valence-corrected chi connectivity index (χ3v) is 5.52. The number of anilines is 1. The molecule has 2 N–H and O–H groups in total. The number of carbonyl (C=O) groups is 4. The van der Waals surface area contributed by atoms with E-state index in [-0.39, 0.29) is 30.7 Å². The smallest absolute Gasteiger partial charge is 0.255 e. The molecule has 4 rings (SSSR count). The Bertz CT molecular complexity index is 1090. The highest BCUT2D eigenvalue weighted by Crippen LogP contribution is 2.32. The van der Waals surface area contributed by atoms with Crippen molar-refractivity contribution in [2.45, 2.75) is 25.4 Å². The Morgan fingerprint density at radius 2 is 1.93 bits per heavy atom. The number of nitrogens with zero attached hydrogens (tertiary/aromatic N) is 1. The third kappa shape index (κ3) is 3.59. The van der Waals surface area contributed by atoms with Gasteiger partial charge in [0, 0.05) is 34.8 Å². The van der Waals surface area contributed by atoms with E-state index < -0.39 is 11.9 Å². The van der Waals surface area contributed by atoms with Gasteiger partial charge in [-0.15, -0.1) is 0 Å². The minimum absolute atomic E-state index is 0.191. The van der Waals surface area contributed by atoms with Gasteiger partial charge >= 0.3 is 0 Å². The summed E-state index contributed by atoms with van der Waals surface area (Å²) < 4.78 is 0. The van der Waals surface area contributed by atoms with Gasteiger partial charge in [0.2, 0.25) is 11.8 Å². The molecule has 1 atom stereocenters. The molecule has 0 aromatic heterocycles. The van der Waals surface area contributed by atoms with Gasteiger partial charge < -0.3 is 10.2 Å². The van der Waals surface area contributed by atoms with Gasteiger partial charge in [-0.2, -0.15) is 0 Å². The second-order valence-electron chi connectivity index (χ2n) is 7.16. The Kier molecular flexibility index (Phi) is 5.13. The first kappa shape index (κ1) is 19.8. The van der Waals surface area contributed by atoms with Crippen LogP contribution in [0.5, 0.6) is 0 Å². The average molecular weight is 424 g/mol. The van der Waals surface area contributed by atoms with E-state index in [9.17, 15) is 19.2 Å². The van der Waals surface area contributed by atoms with E-state index in [1.165, 1.54) is 4.90 Å². The molecule has 1 saturated heterocycles. The summed E-state index contributed by atoms with van der Waals surface area (Å²) in [6.07, 6.45) is 2.04. The van der Waals surface area contributed by atoms with Crippen molar-refractivity contribution < 1.29 is 19.2 Å². The Morgan fingerprint density at radius 3 is 2.60 bits per heavy atom. The number of hydrogen-bond donors (Lipinski definition) is 2. The number of imide groups is 1. The fourth-order valence-corrected chi connectivity index (χ4v) is 3.83. The second kappa shape index (κ2) is 7.76. The molecule has 1 fully saturated rings. The monoisotopic (exact) mass is 423 g/mol. The summed E-state index contributed by atoms with van der Waals surface area (Å²) >= 11 is 5.87. The average Bonchev–Trinajstić information content (AvgIpc) is 3.03. The first-order chi connectivity index (χ1) is 14.4. The fraction of sp³-hybridized carbons (Fsp3) is 0.182. The molecule has 0 saturated carbocycles. The summed E-state index contributed by atoms with van der Waals surface area (Å²) in [5.74, 6) is -1.39. The summed E-state index contributed by atoms with van der Waals surface area (Å²) in [6, 6.07) is 9.19. The first-order valence-electron chi connectivity index (χ1n) is 9.38. The molecule has 0 radical (unpaired) electrons. The first-order valence-corrected chi connectivity index (χ1v) is 9.76. The molecule has 2 heterocycles. The zero-order valence-corrected chi connectivity index (χ0v) is 16.7. The number of carbonyl (C=O) groups excluding carboxylic acids is 4. The number of halogens is 1. The molecule has 0 bridgehead atoms. The topological polar surface area (TPSA) is 95.6 Å². The van der Waals surface area contributed by atoms with Gasteiger partial charge in [0.05, 0.1) is 0 Å². The minimum atomic E-state index is -0.693. The van der Waals surface area contributed by atoms with E-state index in [1.54, 1.807) is 42.5 Å². The van der Waals surface area contributed by atoms with Crippen LogP contribution in [0.15, 0.2) is 43.0 Å². The lowest BCUT2D eigenvalue weighted by atomic mass is 10.0. The van der Waals surface area contributed by atoms with Crippen LogP contribution < -0.4 is 10.6 Å². The standard InChI is InChI=1S/C22H18ClN3O4/c1-2-12-9-16-14(10-17(12)24-20(28)13-3-5-15(23)6-4-13)11-26(22(16)30)18-7-8-19(27)25-21(18)29/h2-6,9-10,18H,1,7-8,11H2,(H,24,28)(H,25,27,29). The lowest BCUT2D eigenvalue weighted by Crippen LogP contribution is -2.52. The number of hydrogen-bond acceptors (Lipinski definition) is 4. The van der Waals surface area contributed by atoms with Crippen LogP contribution in [0.1, 0.15) is 44.7 Å². The Balaban J connectivity index is 1.60. The van der Waals surface area contributed by atoms with Crippen molar-refractivity contribution in [3.8, 4) is 0 Å². The number of fused-ring (bicyclic) bond motifs is 1. The van der Waals surface area contributed by atoms with Crippen molar-refractivity contribution in [1.82, 2.24) is 10.2 Å². The van der Waals surface area contributed by atoms with Crippen LogP contribution in [0.2, 0.25) is 5.02 Å². The van der Waals surface area contributed by atoms with Gasteiger partial charge in [0.1, 0.15) is 6.04 Å². The minimum Gasteiger partial charge on any atom is -0.322 e. The van der Waals surface area contributed by atoms with E-state index in [1.807, 2.05) is 0 Å². The van der Waals surface area contributed by atoms with Crippen LogP contribution in [-0.4, -0.2) is 34.6 Å². The summed E-state index contributed by atoms with van der Waals surface area (Å²) in [7, 11) is 0. The number of nitrogens with one attached hydrogen (secondary N) is 2. The van der Waals surface area contributed by atoms with Crippen molar-refractivity contribution >= 4 is 47.0 Å². The largest absolute Gasteiger partial charge is 0.322 e. The van der Waals surface area contributed by atoms with Gasteiger partial charge in [-0.3, -0.25) is 24.5 Å². The predicted molar refractivity (Wildman–Crippen MR) is 112 cm³/mol. The maximum atomic E-state index is 12.9. The van der Waals surface area contributed by atoms with Crippen molar-refractivity contribution in [1.29, 1.82) is 0 Å². The third-order valence-electron chi connectivity index (χ3n) is 5.27. The molecule has 30 heavy (non-hydrogen) atoms. The van der Waals surface area contributed by atoms with Crippen molar-refractivity contribution in [2.24, 2.45) is 0 Å². The number of piperidine rings is 1. The molecular weight excluding hydrogens is 406 g/mol. The molecule has 0 aliphatic carbocycles. The maximum Gasteiger partial charge on any atom is 0.255 e. The summed E-state index contributed by atoms with van der Waals surface area (Å²) in [6.45, 7) is 3.99. The van der Waals surface area contributed by atoms with Crippen LogP contribution >= 0.6 is 11.6 Å². The molecular formula is C22H18ClN3O4. The Hall–Kier alpha value is -3.45. The fourth-order valence-electron chi connectivity index (χ4n) is 3.71. The van der Waals surface area contributed by atoms with Gasteiger partial charge in [-0.05, 0) is 53.9 Å². The van der Waals surface area contributed by atoms with Crippen LogP contribution in [0.4, 0.5) is 5.69 Å². The van der Waals surface area contributed by atoms with E-state index >= 15 is 0 Å². The van der Waals surface area contributed by atoms with Crippen LogP contribution in [-0.2, 0) is 16.1 Å². The quantitative estimate of drug-likeness (QED) is 0.739. The van der Waals surface area contributed by atoms with Crippen molar-refractivity contribution in [3.05, 3.63) is 70.3 Å². The molecule has 152 valence electrons. The second-order valence-corrected chi connectivity index (χ2v) is 7.60. The van der Waals surface area contributed by atoms with Crippen molar-refractivity contribution in [3.63, 3.8) is 0 Å². The Morgan fingerprint density at radius 1 is 1.20 bits per heavy atom. The zero-order chi connectivity index (χ0) is 21.4. The van der Waals surface area contributed by atoms with Crippen molar-refractivity contribution in [2.75, 3.05) is 5.32 Å². The molecule has 1 unspecified atom stereocenters. The molecule has 2 aromatic carbocycles. The lowest BCUT2D eigenvalue weighted by Gasteiger charge is -2.29. The highest BCUT2D eigenvalue weighted by atomic mass is 35.5. The molecule has 0 spiro atoms. The maximum absolute atomic E-state index is 12.9. The van der Waals surface area contributed by atoms with Gasteiger partial charge in [0.15, 0.2) is 0 Å². The van der Waals surface area contributed by atoms with Crippen LogP contribution in [0, 0.1) is 0 Å². The zero-order valence-electron chi connectivity index (χ0n) is 15.9. The van der Waals surface area contributed by atoms with Gasteiger partial charge in [-0.1, -0.05) is 24.3 Å². The predicted octanol–water partition coefficient (Wildman–Crippen LogP) is 3.00. The molecule has 2 aromatic rings. The number of amides is 4. The highest BCUT2D eigenvalue weighted by Gasteiger charge is 2.39. The summed E-state index contributed by atoms with van der Waals surface area (Å²) in [5, 5.41) is 5.66. The van der Waals surface area contributed by atoms with E-state index in [2.05, 4.69) is 17.2 Å². The van der Waals surface area contributed by atoms with E-state index in [0.29, 0.717) is 39.4 Å². The highest BCUT2D eigenvalue weighted by molar-refractivity contribution is 6.30. The number of rotatable bonds is 4. The van der Waals surface area contributed by atoms with E-state index in [4.69, 9.17) is 11.6 Å². The Labute approximate surface area is 177 Å². The van der Waals surface area contributed by atoms with Gasteiger partial charge in [-0.25, -0.2) is 0 Å². The molecule has 7 nitrogen and oxygen atoms in total. The SMILES string of the molecule is C=Cc1cc2c(cc1NC(=O)c1ccc(Cl)cc1)CN(C1CCC(=O)NC1=O)C2=O. The molecule has 2 aliphatic heterocycles. The molecule has 4 amide bonds.